The zero-order valence-corrected chi connectivity index (χ0v) is 14.4. The molecule has 0 saturated carbocycles. The summed E-state index contributed by atoms with van der Waals surface area (Å²) in [6.07, 6.45) is 1.45. The number of aryl methyl sites for hydroxylation is 2. The summed E-state index contributed by atoms with van der Waals surface area (Å²) >= 11 is 15.8. The molecular weight excluding hydrogens is 361 g/mol. The van der Waals surface area contributed by atoms with E-state index in [1.807, 2.05) is 36.9 Å². The van der Waals surface area contributed by atoms with Crippen LogP contribution in [0, 0.1) is 0 Å². The summed E-state index contributed by atoms with van der Waals surface area (Å²) < 4.78 is 2.66. The minimum Gasteiger partial charge on any atom is -0.324 e. The van der Waals surface area contributed by atoms with Crippen LogP contribution in [0.5, 0.6) is 0 Å². The summed E-state index contributed by atoms with van der Waals surface area (Å²) in [6.45, 7) is 2.04. The zero-order chi connectivity index (χ0) is 14.9. The van der Waals surface area contributed by atoms with Crippen LogP contribution in [0.15, 0.2) is 22.7 Å². The number of hydrogen-bond acceptors (Lipinski definition) is 2. The maximum Gasteiger partial charge on any atom is 0.0850 e. The highest BCUT2D eigenvalue weighted by Crippen LogP contribution is 2.29. The molecule has 0 aliphatic rings. The van der Waals surface area contributed by atoms with Crippen LogP contribution in [0.1, 0.15) is 29.9 Å². The topological polar surface area (TPSA) is 43.8 Å². The molecule has 0 spiro atoms. The van der Waals surface area contributed by atoms with E-state index in [9.17, 15) is 0 Å². The Balaban J connectivity index is 2.25. The van der Waals surface area contributed by atoms with E-state index in [2.05, 4.69) is 21.0 Å². The molecule has 0 radical (unpaired) electrons. The van der Waals surface area contributed by atoms with Gasteiger partial charge < -0.3 is 5.73 Å². The predicted octanol–water partition coefficient (Wildman–Crippen LogP) is 4.29. The molecule has 0 fully saturated rings. The van der Waals surface area contributed by atoms with Crippen LogP contribution in [0.4, 0.5) is 0 Å². The molecule has 0 bridgehead atoms. The van der Waals surface area contributed by atoms with Crippen LogP contribution in [0.3, 0.4) is 0 Å². The Morgan fingerprint density at radius 3 is 2.65 bits per heavy atom. The van der Waals surface area contributed by atoms with Gasteiger partial charge in [-0.15, -0.1) is 0 Å². The third kappa shape index (κ3) is 3.19. The van der Waals surface area contributed by atoms with Crippen LogP contribution in [0.25, 0.3) is 0 Å². The highest BCUT2D eigenvalue weighted by Gasteiger charge is 2.17. The molecule has 0 amide bonds. The highest BCUT2D eigenvalue weighted by atomic mass is 79.9. The van der Waals surface area contributed by atoms with Crippen molar-refractivity contribution in [2.24, 2.45) is 12.8 Å². The van der Waals surface area contributed by atoms with Gasteiger partial charge in [0.1, 0.15) is 0 Å². The van der Waals surface area contributed by atoms with Gasteiger partial charge in [-0.1, -0.05) is 36.2 Å². The summed E-state index contributed by atoms with van der Waals surface area (Å²) in [5.41, 5.74) is 9.15. The molecule has 2 rings (SSSR count). The van der Waals surface area contributed by atoms with Gasteiger partial charge >= 0.3 is 0 Å². The van der Waals surface area contributed by atoms with Gasteiger partial charge in [0.25, 0.3) is 0 Å². The molecule has 20 heavy (non-hydrogen) atoms. The summed E-state index contributed by atoms with van der Waals surface area (Å²) in [5.74, 6) is 0. The largest absolute Gasteiger partial charge is 0.324 e. The lowest BCUT2D eigenvalue weighted by molar-refractivity contribution is 0.638. The molecule has 1 heterocycles. The van der Waals surface area contributed by atoms with Crippen LogP contribution >= 0.6 is 39.1 Å². The molecule has 0 aliphatic heterocycles. The molecule has 1 aromatic heterocycles. The van der Waals surface area contributed by atoms with E-state index < -0.39 is 0 Å². The summed E-state index contributed by atoms with van der Waals surface area (Å²) in [5, 5.41) is 5.80. The molecule has 6 heteroatoms. The lowest BCUT2D eigenvalue weighted by Gasteiger charge is -2.13. The van der Waals surface area contributed by atoms with Crippen molar-refractivity contribution < 1.29 is 0 Å². The molecule has 1 atom stereocenters. The van der Waals surface area contributed by atoms with Crippen molar-refractivity contribution in [3.05, 3.63) is 49.7 Å². The normalized spacial score (nSPS) is 12.7. The fourth-order valence-corrected chi connectivity index (χ4v) is 3.00. The third-order valence-corrected chi connectivity index (χ3v) is 4.94. The Labute approximate surface area is 137 Å². The standard InChI is InChI=1S/C14H16BrCl2N3/c1-3-12-14(17)13(20(2)19-12)7-11(18)8-4-5-10(16)9(15)6-8/h4-6,11H,3,7,18H2,1-2H3. The molecule has 2 N–H and O–H groups in total. The van der Waals surface area contributed by atoms with Crippen molar-refractivity contribution >= 4 is 39.1 Å². The van der Waals surface area contributed by atoms with Crippen molar-refractivity contribution in [3.8, 4) is 0 Å². The number of nitrogens with zero attached hydrogens (tertiary/aromatic N) is 2. The van der Waals surface area contributed by atoms with Gasteiger partial charge in [-0.2, -0.15) is 5.10 Å². The second-order valence-electron chi connectivity index (χ2n) is 4.67. The van der Waals surface area contributed by atoms with E-state index in [0.717, 1.165) is 32.9 Å². The van der Waals surface area contributed by atoms with Gasteiger partial charge in [0.15, 0.2) is 0 Å². The summed E-state index contributed by atoms with van der Waals surface area (Å²) in [6, 6.07) is 5.56. The van der Waals surface area contributed by atoms with Gasteiger partial charge in [0.2, 0.25) is 0 Å². The van der Waals surface area contributed by atoms with E-state index in [4.69, 9.17) is 28.9 Å². The Morgan fingerprint density at radius 2 is 2.10 bits per heavy atom. The average Bonchev–Trinajstić information content (AvgIpc) is 2.69. The monoisotopic (exact) mass is 375 g/mol. The second kappa shape index (κ2) is 6.48. The summed E-state index contributed by atoms with van der Waals surface area (Å²) in [7, 11) is 1.89. The van der Waals surface area contributed by atoms with Crippen molar-refractivity contribution in [1.82, 2.24) is 9.78 Å². The zero-order valence-electron chi connectivity index (χ0n) is 11.3. The SMILES string of the molecule is CCc1nn(C)c(CC(N)c2ccc(Cl)c(Br)c2)c1Cl. The van der Waals surface area contributed by atoms with Gasteiger partial charge in [-0.25, -0.2) is 0 Å². The number of nitrogens with two attached hydrogens (primary N) is 1. The molecular formula is C14H16BrCl2N3. The minimum absolute atomic E-state index is 0.152. The smallest absolute Gasteiger partial charge is 0.0850 e. The molecule has 1 unspecified atom stereocenters. The summed E-state index contributed by atoms with van der Waals surface area (Å²) in [4.78, 5) is 0. The fraction of sp³-hybridized carbons (Fsp3) is 0.357. The Bertz CT molecular complexity index is 625. The van der Waals surface area contributed by atoms with Crippen molar-refractivity contribution in [2.75, 3.05) is 0 Å². The molecule has 2 aromatic rings. The van der Waals surface area contributed by atoms with E-state index in [-0.39, 0.29) is 6.04 Å². The van der Waals surface area contributed by atoms with E-state index in [1.165, 1.54) is 0 Å². The first-order valence-electron chi connectivity index (χ1n) is 6.34. The maximum atomic E-state index is 6.35. The second-order valence-corrected chi connectivity index (χ2v) is 6.31. The number of halogens is 3. The minimum atomic E-state index is -0.152. The number of aromatic nitrogens is 2. The van der Waals surface area contributed by atoms with Gasteiger partial charge in [0, 0.05) is 24.0 Å². The fourth-order valence-electron chi connectivity index (χ4n) is 2.11. The lowest BCUT2D eigenvalue weighted by Crippen LogP contribution is -2.15. The number of hydrogen-bond donors (Lipinski definition) is 1. The third-order valence-electron chi connectivity index (χ3n) is 3.29. The lowest BCUT2D eigenvalue weighted by atomic mass is 10.0. The van der Waals surface area contributed by atoms with Gasteiger partial charge in [-0.05, 0) is 40.0 Å². The molecule has 108 valence electrons. The Morgan fingerprint density at radius 1 is 1.40 bits per heavy atom. The van der Waals surface area contributed by atoms with Crippen molar-refractivity contribution in [2.45, 2.75) is 25.8 Å². The number of rotatable bonds is 4. The van der Waals surface area contributed by atoms with Gasteiger partial charge in [0.05, 0.1) is 21.4 Å². The van der Waals surface area contributed by atoms with Crippen LogP contribution in [-0.2, 0) is 19.9 Å². The van der Waals surface area contributed by atoms with Crippen molar-refractivity contribution in [1.29, 1.82) is 0 Å². The van der Waals surface area contributed by atoms with Gasteiger partial charge in [-0.3, -0.25) is 4.68 Å². The van der Waals surface area contributed by atoms with E-state index in [1.54, 1.807) is 0 Å². The molecule has 0 aliphatic carbocycles. The average molecular weight is 377 g/mol. The van der Waals surface area contributed by atoms with Crippen LogP contribution in [0.2, 0.25) is 10.0 Å². The maximum absolute atomic E-state index is 6.35. The number of benzene rings is 1. The first-order valence-corrected chi connectivity index (χ1v) is 7.89. The highest BCUT2D eigenvalue weighted by molar-refractivity contribution is 9.10. The first-order chi connectivity index (χ1) is 9.43. The van der Waals surface area contributed by atoms with Crippen LogP contribution in [-0.4, -0.2) is 9.78 Å². The van der Waals surface area contributed by atoms with Crippen molar-refractivity contribution in [3.63, 3.8) is 0 Å². The van der Waals surface area contributed by atoms with E-state index in [0.29, 0.717) is 11.4 Å². The Kier molecular flexibility index (Phi) is 5.13. The molecule has 1 aromatic carbocycles. The predicted molar refractivity (Wildman–Crippen MR) is 87.4 cm³/mol. The molecule has 3 nitrogen and oxygen atoms in total. The van der Waals surface area contributed by atoms with Crippen LogP contribution < -0.4 is 5.73 Å². The van der Waals surface area contributed by atoms with E-state index >= 15 is 0 Å². The first kappa shape index (κ1) is 15.8. The molecule has 0 saturated heterocycles. The Hall–Kier alpha value is -0.550. The quantitative estimate of drug-likeness (QED) is 0.864.